The Labute approximate surface area is 169 Å². The number of carbonyl (C=O) groups is 1. The first kappa shape index (κ1) is 19.2. The molecule has 5 heteroatoms. The SMILES string of the molecule is COc1ccc(C(CNC(=O)c2ccccc2I)N2CCCCC2)cc1. The fraction of sp³-hybridized carbons (Fsp3) is 0.381. The van der Waals surface area contributed by atoms with Crippen LogP contribution in [0.4, 0.5) is 0 Å². The van der Waals surface area contributed by atoms with Crippen LogP contribution in [0.3, 0.4) is 0 Å². The first-order valence-corrected chi connectivity index (χ1v) is 10.2. The number of amides is 1. The van der Waals surface area contributed by atoms with Gasteiger partial charge >= 0.3 is 0 Å². The highest BCUT2D eigenvalue weighted by Gasteiger charge is 2.23. The number of ether oxygens (including phenoxy) is 1. The molecule has 26 heavy (non-hydrogen) atoms. The minimum Gasteiger partial charge on any atom is -0.497 e. The number of benzene rings is 2. The minimum atomic E-state index is -0.00878. The second-order valence-corrected chi connectivity index (χ2v) is 7.74. The van der Waals surface area contributed by atoms with Crippen molar-refractivity contribution in [2.45, 2.75) is 25.3 Å². The summed E-state index contributed by atoms with van der Waals surface area (Å²) in [5.74, 6) is 0.847. The van der Waals surface area contributed by atoms with E-state index in [-0.39, 0.29) is 11.9 Å². The average Bonchev–Trinajstić information content (AvgIpc) is 2.69. The summed E-state index contributed by atoms with van der Waals surface area (Å²) >= 11 is 2.21. The zero-order chi connectivity index (χ0) is 18.4. The smallest absolute Gasteiger partial charge is 0.252 e. The van der Waals surface area contributed by atoms with Crippen LogP contribution in [0.25, 0.3) is 0 Å². The Bertz CT molecular complexity index is 727. The van der Waals surface area contributed by atoms with Crippen LogP contribution >= 0.6 is 22.6 Å². The quantitative estimate of drug-likeness (QED) is 0.650. The second kappa shape index (κ2) is 9.37. The molecule has 1 heterocycles. The molecular weight excluding hydrogens is 439 g/mol. The molecule has 1 saturated heterocycles. The van der Waals surface area contributed by atoms with Crippen molar-refractivity contribution in [1.82, 2.24) is 10.2 Å². The van der Waals surface area contributed by atoms with Crippen LogP contribution in [0.5, 0.6) is 5.75 Å². The molecular formula is C21H25IN2O2. The molecule has 1 amide bonds. The van der Waals surface area contributed by atoms with Gasteiger partial charge in [-0.05, 0) is 78.4 Å². The molecule has 0 radical (unpaired) electrons. The highest BCUT2D eigenvalue weighted by atomic mass is 127. The lowest BCUT2D eigenvalue weighted by Crippen LogP contribution is -2.40. The van der Waals surface area contributed by atoms with Gasteiger partial charge in [-0.15, -0.1) is 0 Å². The summed E-state index contributed by atoms with van der Waals surface area (Å²) in [6.07, 6.45) is 3.73. The van der Waals surface area contributed by atoms with Crippen LogP contribution < -0.4 is 10.1 Å². The molecule has 0 aliphatic carbocycles. The Kier molecular flexibility index (Phi) is 6.91. The van der Waals surface area contributed by atoms with Gasteiger partial charge in [0.1, 0.15) is 5.75 Å². The van der Waals surface area contributed by atoms with Gasteiger partial charge in [0.15, 0.2) is 0 Å². The average molecular weight is 464 g/mol. The van der Waals surface area contributed by atoms with Gasteiger partial charge in [-0.1, -0.05) is 30.7 Å². The Morgan fingerprint density at radius 1 is 1.12 bits per heavy atom. The number of carbonyl (C=O) groups excluding carboxylic acids is 1. The standard InChI is InChI=1S/C21H25IN2O2/c1-26-17-11-9-16(10-12-17)20(24-13-5-2-6-14-24)15-23-21(25)18-7-3-4-8-19(18)22/h3-4,7-12,20H,2,5-6,13-15H2,1H3,(H,23,25). The van der Waals surface area contributed by atoms with Gasteiger partial charge in [-0.25, -0.2) is 0 Å². The van der Waals surface area contributed by atoms with Crippen LogP contribution in [0.2, 0.25) is 0 Å². The van der Waals surface area contributed by atoms with Crippen LogP contribution in [0.1, 0.15) is 41.2 Å². The van der Waals surface area contributed by atoms with E-state index in [0.29, 0.717) is 6.54 Å². The van der Waals surface area contributed by atoms with Gasteiger partial charge < -0.3 is 10.1 Å². The largest absolute Gasteiger partial charge is 0.497 e. The Hall–Kier alpha value is -1.60. The lowest BCUT2D eigenvalue weighted by atomic mass is 10.0. The number of halogens is 1. The Morgan fingerprint density at radius 2 is 1.81 bits per heavy atom. The molecule has 1 atom stereocenters. The molecule has 4 nitrogen and oxygen atoms in total. The van der Waals surface area contributed by atoms with Gasteiger partial charge in [-0.3, -0.25) is 9.69 Å². The normalized spacial score (nSPS) is 16.1. The first-order valence-electron chi connectivity index (χ1n) is 9.10. The molecule has 1 aliphatic heterocycles. The molecule has 1 unspecified atom stereocenters. The topological polar surface area (TPSA) is 41.6 Å². The molecule has 0 spiro atoms. The maximum Gasteiger partial charge on any atom is 0.252 e. The first-order chi connectivity index (χ1) is 12.7. The fourth-order valence-corrected chi connectivity index (χ4v) is 4.08. The number of methoxy groups -OCH3 is 1. The maximum absolute atomic E-state index is 12.6. The van der Waals surface area contributed by atoms with Crippen LogP contribution in [0.15, 0.2) is 48.5 Å². The van der Waals surface area contributed by atoms with Crippen molar-refractivity contribution < 1.29 is 9.53 Å². The van der Waals surface area contributed by atoms with Crippen molar-refractivity contribution in [2.24, 2.45) is 0 Å². The maximum atomic E-state index is 12.6. The molecule has 1 N–H and O–H groups in total. The monoisotopic (exact) mass is 464 g/mol. The lowest BCUT2D eigenvalue weighted by Gasteiger charge is -2.35. The predicted octanol–water partition coefficient (Wildman–Crippen LogP) is 4.26. The molecule has 1 fully saturated rings. The number of rotatable bonds is 6. The Balaban J connectivity index is 1.74. The van der Waals surface area contributed by atoms with E-state index in [1.807, 2.05) is 36.4 Å². The van der Waals surface area contributed by atoms with Crippen LogP contribution in [0, 0.1) is 3.57 Å². The Morgan fingerprint density at radius 3 is 2.46 bits per heavy atom. The van der Waals surface area contributed by atoms with E-state index in [2.05, 4.69) is 44.9 Å². The lowest BCUT2D eigenvalue weighted by molar-refractivity contribution is 0.0923. The molecule has 2 aromatic rings. The van der Waals surface area contributed by atoms with Crippen molar-refractivity contribution in [3.63, 3.8) is 0 Å². The highest BCUT2D eigenvalue weighted by Crippen LogP contribution is 2.26. The molecule has 138 valence electrons. The van der Waals surface area contributed by atoms with E-state index in [1.165, 1.54) is 24.8 Å². The van der Waals surface area contributed by atoms with Crippen molar-refractivity contribution in [3.05, 3.63) is 63.2 Å². The highest BCUT2D eigenvalue weighted by molar-refractivity contribution is 14.1. The summed E-state index contributed by atoms with van der Waals surface area (Å²) in [5, 5.41) is 3.15. The summed E-state index contributed by atoms with van der Waals surface area (Å²) in [7, 11) is 1.68. The van der Waals surface area contributed by atoms with E-state index >= 15 is 0 Å². The van der Waals surface area contributed by atoms with E-state index < -0.39 is 0 Å². The summed E-state index contributed by atoms with van der Waals surface area (Å²) in [6, 6.07) is 16.1. The van der Waals surface area contributed by atoms with Crippen LogP contribution in [-0.2, 0) is 0 Å². The van der Waals surface area contributed by atoms with E-state index in [4.69, 9.17) is 4.74 Å². The fourth-order valence-electron chi connectivity index (χ4n) is 3.44. The molecule has 0 bridgehead atoms. The molecule has 3 rings (SSSR count). The van der Waals surface area contributed by atoms with Gasteiger partial charge in [-0.2, -0.15) is 0 Å². The van der Waals surface area contributed by atoms with E-state index in [1.54, 1.807) is 7.11 Å². The summed E-state index contributed by atoms with van der Waals surface area (Å²) < 4.78 is 6.25. The third kappa shape index (κ3) is 4.76. The van der Waals surface area contributed by atoms with Gasteiger partial charge in [0.05, 0.1) is 18.7 Å². The van der Waals surface area contributed by atoms with Crippen molar-refractivity contribution in [3.8, 4) is 5.75 Å². The third-order valence-electron chi connectivity index (χ3n) is 4.91. The zero-order valence-corrected chi connectivity index (χ0v) is 17.2. The van der Waals surface area contributed by atoms with Gasteiger partial charge in [0.25, 0.3) is 5.91 Å². The zero-order valence-electron chi connectivity index (χ0n) is 15.1. The second-order valence-electron chi connectivity index (χ2n) is 6.58. The van der Waals surface area contributed by atoms with Gasteiger partial charge in [0, 0.05) is 10.1 Å². The third-order valence-corrected chi connectivity index (χ3v) is 5.85. The minimum absolute atomic E-state index is 0.00878. The number of nitrogens with one attached hydrogen (secondary N) is 1. The van der Waals surface area contributed by atoms with E-state index in [9.17, 15) is 4.79 Å². The van der Waals surface area contributed by atoms with Crippen molar-refractivity contribution in [2.75, 3.05) is 26.7 Å². The number of hydrogen-bond donors (Lipinski definition) is 1. The van der Waals surface area contributed by atoms with E-state index in [0.717, 1.165) is 28.0 Å². The summed E-state index contributed by atoms with van der Waals surface area (Å²) in [6.45, 7) is 2.76. The molecule has 2 aromatic carbocycles. The number of nitrogens with zero attached hydrogens (tertiary/aromatic N) is 1. The van der Waals surface area contributed by atoms with Crippen LogP contribution in [-0.4, -0.2) is 37.6 Å². The number of likely N-dealkylation sites (tertiary alicyclic amines) is 1. The van der Waals surface area contributed by atoms with Crippen molar-refractivity contribution in [1.29, 1.82) is 0 Å². The summed E-state index contributed by atoms with van der Waals surface area (Å²) in [5.41, 5.74) is 1.95. The molecule has 1 aliphatic rings. The van der Waals surface area contributed by atoms with Crippen molar-refractivity contribution >= 4 is 28.5 Å². The number of hydrogen-bond acceptors (Lipinski definition) is 3. The van der Waals surface area contributed by atoms with Gasteiger partial charge in [0.2, 0.25) is 0 Å². The molecule has 0 aromatic heterocycles. The number of piperidine rings is 1. The summed E-state index contributed by atoms with van der Waals surface area (Å²) in [4.78, 5) is 15.1. The molecule has 0 saturated carbocycles. The predicted molar refractivity (Wildman–Crippen MR) is 113 cm³/mol.